The van der Waals surface area contributed by atoms with Gasteiger partial charge in [0.05, 0.1) is 17.9 Å². The molecule has 1 aliphatic rings. The average Bonchev–Trinajstić information content (AvgIpc) is 2.81. The molecule has 0 spiro atoms. The Labute approximate surface area is 204 Å². The van der Waals surface area contributed by atoms with Crippen molar-refractivity contribution in [3.8, 4) is 0 Å². The number of anilines is 1. The molecule has 33 heavy (non-hydrogen) atoms. The van der Waals surface area contributed by atoms with E-state index < -0.39 is 10.0 Å². The molecule has 1 aliphatic heterocycles. The average molecular weight is 496 g/mol. The largest absolute Gasteiger partial charge is 0.382 e. The second kappa shape index (κ2) is 12.9. The topological polar surface area (TPSA) is 71.5 Å². The number of nitrogens with one attached hydrogen (secondary N) is 1. The van der Waals surface area contributed by atoms with Crippen molar-refractivity contribution in [3.05, 3.63) is 35.5 Å². The van der Waals surface area contributed by atoms with Gasteiger partial charge in [-0.05, 0) is 62.8 Å². The number of hydrogen-bond donors (Lipinski definition) is 1. The van der Waals surface area contributed by atoms with Crippen LogP contribution in [0, 0.1) is 5.92 Å². The molecule has 0 saturated carbocycles. The highest BCUT2D eigenvalue weighted by Crippen LogP contribution is 2.25. The van der Waals surface area contributed by atoms with Crippen LogP contribution in [0.25, 0.3) is 10.9 Å². The van der Waals surface area contributed by atoms with E-state index >= 15 is 0 Å². The van der Waals surface area contributed by atoms with Crippen molar-refractivity contribution in [2.75, 3.05) is 37.4 Å². The summed E-state index contributed by atoms with van der Waals surface area (Å²) >= 11 is 6.09. The molecule has 6 nitrogen and oxygen atoms in total. The lowest BCUT2D eigenvalue weighted by Gasteiger charge is -2.26. The third kappa shape index (κ3) is 8.09. The molecular weight excluding hydrogens is 458 g/mol. The molecule has 2 aromatic rings. The van der Waals surface area contributed by atoms with Gasteiger partial charge in [-0.3, -0.25) is 4.98 Å². The molecule has 0 aliphatic carbocycles. The summed E-state index contributed by atoms with van der Waals surface area (Å²) in [6.07, 6.45) is 9.14. The van der Waals surface area contributed by atoms with Gasteiger partial charge in [-0.15, -0.1) is 0 Å². The van der Waals surface area contributed by atoms with Gasteiger partial charge in [0.15, 0.2) is 0 Å². The van der Waals surface area contributed by atoms with Gasteiger partial charge < -0.3 is 10.1 Å². The van der Waals surface area contributed by atoms with Crippen LogP contribution in [0.2, 0.25) is 5.02 Å². The van der Waals surface area contributed by atoms with Gasteiger partial charge in [0.2, 0.25) is 10.0 Å². The number of ether oxygens (including phenoxy) is 1. The van der Waals surface area contributed by atoms with Gasteiger partial charge in [0.25, 0.3) is 0 Å². The lowest BCUT2D eigenvalue weighted by atomic mass is 9.98. The van der Waals surface area contributed by atoms with Crippen LogP contribution < -0.4 is 5.32 Å². The summed E-state index contributed by atoms with van der Waals surface area (Å²) in [6.45, 7) is 6.61. The smallest absolute Gasteiger partial charge is 0.216 e. The van der Waals surface area contributed by atoms with Gasteiger partial charge in [-0.25, -0.2) is 12.7 Å². The zero-order valence-electron chi connectivity index (χ0n) is 19.9. The maximum atomic E-state index is 12.4. The third-order valence-electron chi connectivity index (χ3n) is 6.48. The fourth-order valence-electron chi connectivity index (χ4n) is 4.39. The number of hydrogen-bond acceptors (Lipinski definition) is 5. The van der Waals surface area contributed by atoms with Crippen LogP contribution in [-0.4, -0.2) is 55.8 Å². The predicted molar refractivity (Wildman–Crippen MR) is 137 cm³/mol. The molecule has 0 amide bonds. The first-order valence-electron chi connectivity index (χ1n) is 12.3. The third-order valence-corrected chi connectivity index (χ3v) is 8.55. The number of halogens is 1. The minimum absolute atomic E-state index is 0.0927. The van der Waals surface area contributed by atoms with Gasteiger partial charge in [-0.2, -0.15) is 0 Å². The zero-order valence-corrected chi connectivity index (χ0v) is 21.5. The first-order chi connectivity index (χ1) is 15.9. The highest BCUT2D eigenvalue weighted by molar-refractivity contribution is 7.89. The van der Waals surface area contributed by atoms with Crippen molar-refractivity contribution < 1.29 is 13.2 Å². The van der Waals surface area contributed by atoms with E-state index in [0.717, 1.165) is 61.5 Å². The lowest BCUT2D eigenvalue weighted by molar-refractivity contribution is 0.105. The van der Waals surface area contributed by atoms with Crippen LogP contribution in [0.1, 0.15) is 58.8 Å². The number of benzene rings is 1. The Hall–Kier alpha value is -1.41. The van der Waals surface area contributed by atoms with E-state index in [0.29, 0.717) is 36.7 Å². The first-order valence-corrected chi connectivity index (χ1v) is 14.2. The SMILES string of the molecule is CCC(CCCC(C)Nc1ccnc2cc(Cl)ccc12)COCCS(=O)(=O)N1CCCCC1. The van der Waals surface area contributed by atoms with E-state index in [1.165, 1.54) is 0 Å². The summed E-state index contributed by atoms with van der Waals surface area (Å²) in [7, 11) is -3.18. The number of pyridine rings is 1. The van der Waals surface area contributed by atoms with Crippen LogP contribution in [0.5, 0.6) is 0 Å². The van der Waals surface area contributed by atoms with Gasteiger partial charge in [-0.1, -0.05) is 37.8 Å². The first kappa shape index (κ1) is 26.2. The van der Waals surface area contributed by atoms with E-state index in [9.17, 15) is 8.42 Å². The van der Waals surface area contributed by atoms with Crippen LogP contribution in [0.15, 0.2) is 30.5 Å². The van der Waals surface area contributed by atoms with Crippen molar-refractivity contribution in [3.63, 3.8) is 0 Å². The van der Waals surface area contributed by atoms with Crippen molar-refractivity contribution in [1.29, 1.82) is 0 Å². The molecule has 0 bridgehead atoms. The van der Waals surface area contributed by atoms with E-state index in [4.69, 9.17) is 16.3 Å². The monoisotopic (exact) mass is 495 g/mol. The number of rotatable bonds is 13. The maximum Gasteiger partial charge on any atom is 0.216 e. The normalized spacial score (nSPS) is 17.2. The second-order valence-electron chi connectivity index (χ2n) is 9.12. The Balaban J connectivity index is 1.36. The van der Waals surface area contributed by atoms with E-state index in [1.54, 1.807) is 4.31 Å². The maximum absolute atomic E-state index is 12.4. The van der Waals surface area contributed by atoms with Crippen molar-refractivity contribution in [2.45, 2.75) is 64.8 Å². The molecule has 2 atom stereocenters. The van der Waals surface area contributed by atoms with Crippen LogP contribution in [0.4, 0.5) is 5.69 Å². The zero-order chi connectivity index (χ0) is 23.7. The fourth-order valence-corrected chi connectivity index (χ4v) is 5.96. The quantitative estimate of drug-likeness (QED) is 0.360. The molecule has 1 saturated heterocycles. The Bertz CT molecular complexity index is 980. The Morgan fingerprint density at radius 2 is 1.97 bits per heavy atom. The van der Waals surface area contributed by atoms with E-state index in [2.05, 4.69) is 24.1 Å². The molecule has 3 rings (SSSR count). The van der Waals surface area contributed by atoms with E-state index in [-0.39, 0.29) is 12.4 Å². The number of aromatic nitrogens is 1. The standard InChI is InChI=1S/C25H38ClN3O3S/c1-3-21(19-32-16-17-33(30,31)29-14-5-4-6-15-29)9-7-8-20(2)28-24-12-13-27-25-18-22(26)10-11-23(24)25/h10-13,18,20-21H,3-9,14-17,19H2,1-2H3,(H,27,28). The molecule has 1 fully saturated rings. The summed E-state index contributed by atoms with van der Waals surface area (Å²) in [5, 5.41) is 5.38. The summed E-state index contributed by atoms with van der Waals surface area (Å²) in [4.78, 5) is 4.40. The lowest BCUT2D eigenvalue weighted by Crippen LogP contribution is -2.38. The molecule has 2 unspecified atom stereocenters. The number of sulfonamides is 1. The second-order valence-corrected chi connectivity index (χ2v) is 11.6. The predicted octanol–water partition coefficient (Wildman–Crippen LogP) is 5.72. The summed E-state index contributed by atoms with van der Waals surface area (Å²) in [6, 6.07) is 8.13. The molecule has 0 radical (unpaired) electrons. The van der Waals surface area contributed by atoms with Crippen LogP contribution in [0.3, 0.4) is 0 Å². The summed E-state index contributed by atoms with van der Waals surface area (Å²) in [5.41, 5.74) is 1.97. The highest BCUT2D eigenvalue weighted by Gasteiger charge is 2.23. The van der Waals surface area contributed by atoms with Crippen molar-refractivity contribution in [1.82, 2.24) is 9.29 Å². The molecule has 8 heteroatoms. The van der Waals surface area contributed by atoms with Crippen molar-refractivity contribution >= 4 is 38.2 Å². The molecule has 2 heterocycles. The Kier molecular flexibility index (Phi) is 10.2. The molecule has 1 aromatic carbocycles. The Morgan fingerprint density at radius 1 is 1.18 bits per heavy atom. The molecule has 1 N–H and O–H groups in total. The van der Waals surface area contributed by atoms with Crippen LogP contribution >= 0.6 is 11.6 Å². The van der Waals surface area contributed by atoms with Gasteiger partial charge >= 0.3 is 0 Å². The minimum Gasteiger partial charge on any atom is -0.382 e. The number of nitrogens with zero attached hydrogens (tertiary/aromatic N) is 2. The highest BCUT2D eigenvalue weighted by atomic mass is 35.5. The molecular formula is C25H38ClN3O3S. The minimum atomic E-state index is -3.18. The fraction of sp³-hybridized carbons (Fsp3) is 0.640. The molecule has 1 aromatic heterocycles. The summed E-state index contributed by atoms with van der Waals surface area (Å²) < 4.78 is 32.3. The van der Waals surface area contributed by atoms with Gasteiger partial charge in [0, 0.05) is 48.0 Å². The summed E-state index contributed by atoms with van der Waals surface area (Å²) in [5.74, 6) is 0.550. The van der Waals surface area contributed by atoms with E-state index in [1.807, 2.05) is 30.5 Å². The number of piperidine rings is 1. The number of fused-ring (bicyclic) bond motifs is 1. The van der Waals surface area contributed by atoms with Crippen molar-refractivity contribution in [2.24, 2.45) is 5.92 Å². The van der Waals surface area contributed by atoms with Gasteiger partial charge in [0.1, 0.15) is 0 Å². The Morgan fingerprint density at radius 3 is 2.73 bits per heavy atom. The van der Waals surface area contributed by atoms with Crippen LogP contribution in [-0.2, 0) is 14.8 Å². The molecule has 184 valence electrons.